The van der Waals surface area contributed by atoms with Crippen molar-refractivity contribution in [3.8, 4) is 0 Å². The molecule has 0 unspecified atom stereocenters. The van der Waals surface area contributed by atoms with E-state index in [9.17, 15) is 4.79 Å². The molecule has 1 heterocycles. The van der Waals surface area contributed by atoms with Gasteiger partial charge in [0.15, 0.2) is 0 Å². The van der Waals surface area contributed by atoms with Crippen LogP contribution in [0.25, 0.3) is 6.08 Å². The number of carbonyl (C=O) groups excluding carboxylic acids is 1. The van der Waals surface area contributed by atoms with Gasteiger partial charge in [0.05, 0.1) is 0 Å². The molecule has 1 aliphatic heterocycles. The Balaban J connectivity index is 1.91. The fourth-order valence-corrected chi connectivity index (χ4v) is 2.87. The first kappa shape index (κ1) is 16.7. The van der Waals surface area contributed by atoms with Crippen molar-refractivity contribution in [2.75, 3.05) is 0 Å². The van der Waals surface area contributed by atoms with Gasteiger partial charge in [0.1, 0.15) is 11.5 Å². The predicted octanol–water partition coefficient (Wildman–Crippen LogP) is 4.66. The van der Waals surface area contributed by atoms with Gasteiger partial charge in [-0.15, -0.1) is 0 Å². The van der Waals surface area contributed by atoms with E-state index in [0.29, 0.717) is 11.5 Å². The highest BCUT2D eigenvalue weighted by Gasteiger charge is 2.22. The third kappa shape index (κ3) is 3.49. The summed E-state index contributed by atoms with van der Waals surface area (Å²) < 4.78 is 0.934. The zero-order valence-electron chi connectivity index (χ0n) is 13.9. The lowest BCUT2D eigenvalue weighted by molar-refractivity contribution is -0.115. The average Bonchev–Trinajstić information content (AvgIpc) is 2.90. The van der Waals surface area contributed by atoms with Gasteiger partial charge >= 0.3 is 0 Å². The second-order valence-electron chi connectivity index (χ2n) is 6.79. The molecule has 0 atom stereocenters. The molecule has 0 aromatic heterocycles. The summed E-state index contributed by atoms with van der Waals surface area (Å²) in [4.78, 5) is 16.7. The van der Waals surface area contributed by atoms with Crippen LogP contribution in [-0.2, 0) is 10.2 Å². The van der Waals surface area contributed by atoms with Gasteiger partial charge in [-0.1, -0.05) is 79.2 Å². The second kappa shape index (κ2) is 6.36. The summed E-state index contributed by atoms with van der Waals surface area (Å²) in [5, 5.41) is 2.85. The number of halogens is 1. The number of hydrogen-bond donors (Lipinski definition) is 1. The molecule has 24 heavy (non-hydrogen) atoms. The van der Waals surface area contributed by atoms with Gasteiger partial charge < -0.3 is 5.32 Å². The van der Waals surface area contributed by atoms with E-state index in [4.69, 9.17) is 0 Å². The normalized spacial score (nSPS) is 16.2. The molecular formula is C20H19BrN2O. The van der Waals surface area contributed by atoms with E-state index >= 15 is 0 Å². The van der Waals surface area contributed by atoms with E-state index in [0.717, 1.165) is 15.6 Å². The monoisotopic (exact) mass is 382 g/mol. The van der Waals surface area contributed by atoms with Crippen LogP contribution < -0.4 is 5.32 Å². The first-order valence-corrected chi connectivity index (χ1v) is 8.61. The minimum Gasteiger partial charge on any atom is -0.305 e. The topological polar surface area (TPSA) is 41.5 Å². The Kier molecular flexibility index (Phi) is 4.41. The maximum Gasteiger partial charge on any atom is 0.275 e. The first-order valence-electron chi connectivity index (χ1n) is 7.82. The molecule has 0 bridgehead atoms. The van der Waals surface area contributed by atoms with Crippen LogP contribution in [0.4, 0.5) is 0 Å². The van der Waals surface area contributed by atoms with Gasteiger partial charge in [0.25, 0.3) is 5.91 Å². The van der Waals surface area contributed by atoms with Crippen molar-refractivity contribution >= 4 is 33.7 Å². The van der Waals surface area contributed by atoms with Gasteiger partial charge in [-0.2, -0.15) is 0 Å². The van der Waals surface area contributed by atoms with Crippen LogP contribution in [0.3, 0.4) is 0 Å². The third-order valence-corrected chi connectivity index (χ3v) is 4.64. The van der Waals surface area contributed by atoms with Gasteiger partial charge in [-0.05, 0) is 28.7 Å². The van der Waals surface area contributed by atoms with Crippen LogP contribution in [0.15, 0.2) is 63.7 Å². The van der Waals surface area contributed by atoms with Crippen LogP contribution in [0.1, 0.15) is 37.5 Å². The predicted molar refractivity (Wildman–Crippen MR) is 102 cm³/mol. The van der Waals surface area contributed by atoms with Crippen molar-refractivity contribution in [3.05, 3.63) is 75.4 Å². The number of nitrogens with zero attached hydrogens (tertiary/aromatic N) is 1. The molecule has 1 amide bonds. The van der Waals surface area contributed by atoms with E-state index in [1.165, 1.54) is 5.56 Å². The number of rotatable bonds is 2. The lowest BCUT2D eigenvalue weighted by Gasteiger charge is -2.19. The number of amides is 1. The molecule has 0 saturated carbocycles. The molecule has 0 saturated heterocycles. The number of hydrogen-bond acceptors (Lipinski definition) is 2. The zero-order chi connectivity index (χ0) is 17.3. The molecule has 122 valence electrons. The Morgan fingerprint density at radius 2 is 1.71 bits per heavy atom. The number of carbonyl (C=O) groups is 1. The Morgan fingerprint density at radius 1 is 1.04 bits per heavy atom. The summed E-state index contributed by atoms with van der Waals surface area (Å²) in [6.45, 7) is 6.53. The van der Waals surface area contributed by atoms with Crippen molar-refractivity contribution in [3.63, 3.8) is 0 Å². The van der Waals surface area contributed by atoms with E-state index in [1.54, 1.807) is 6.08 Å². The zero-order valence-corrected chi connectivity index (χ0v) is 15.5. The van der Waals surface area contributed by atoms with Crippen molar-refractivity contribution in [1.82, 2.24) is 5.32 Å². The van der Waals surface area contributed by atoms with Gasteiger partial charge in [-0.25, -0.2) is 4.99 Å². The summed E-state index contributed by atoms with van der Waals surface area (Å²) in [6, 6.07) is 15.9. The van der Waals surface area contributed by atoms with E-state index in [-0.39, 0.29) is 11.3 Å². The quantitative estimate of drug-likeness (QED) is 0.753. The minimum atomic E-state index is -0.180. The van der Waals surface area contributed by atoms with Crippen LogP contribution in [0, 0.1) is 0 Å². The highest BCUT2D eigenvalue weighted by Crippen LogP contribution is 2.24. The van der Waals surface area contributed by atoms with E-state index in [2.05, 4.69) is 59.1 Å². The fraction of sp³-hybridized carbons (Fsp3) is 0.200. The lowest BCUT2D eigenvalue weighted by Crippen LogP contribution is -2.24. The highest BCUT2D eigenvalue weighted by molar-refractivity contribution is 9.10. The minimum absolute atomic E-state index is 0.101. The maximum absolute atomic E-state index is 12.2. The molecule has 2 aromatic rings. The van der Waals surface area contributed by atoms with Gasteiger partial charge in [0, 0.05) is 10.0 Å². The Labute approximate surface area is 150 Å². The number of nitrogens with one attached hydrogen (secondary N) is 1. The van der Waals surface area contributed by atoms with Crippen LogP contribution in [0.5, 0.6) is 0 Å². The van der Waals surface area contributed by atoms with E-state index < -0.39 is 0 Å². The fourth-order valence-electron chi connectivity index (χ4n) is 2.47. The van der Waals surface area contributed by atoms with Crippen LogP contribution in [0.2, 0.25) is 0 Å². The highest BCUT2D eigenvalue weighted by atomic mass is 79.9. The first-order chi connectivity index (χ1) is 11.3. The molecule has 3 nitrogen and oxygen atoms in total. The molecule has 4 heteroatoms. The molecular weight excluding hydrogens is 364 g/mol. The van der Waals surface area contributed by atoms with E-state index in [1.807, 2.05) is 36.4 Å². The van der Waals surface area contributed by atoms with Crippen molar-refractivity contribution < 1.29 is 4.79 Å². The molecule has 3 rings (SSSR count). The Hall–Kier alpha value is -2.20. The largest absolute Gasteiger partial charge is 0.305 e. The molecule has 0 aliphatic carbocycles. The molecule has 1 N–H and O–H groups in total. The van der Waals surface area contributed by atoms with Crippen molar-refractivity contribution in [2.45, 2.75) is 26.2 Å². The Morgan fingerprint density at radius 3 is 2.33 bits per heavy atom. The summed E-state index contributed by atoms with van der Waals surface area (Å²) in [5.41, 5.74) is 3.60. The van der Waals surface area contributed by atoms with Gasteiger partial charge in [0.2, 0.25) is 0 Å². The molecule has 0 spiro atoms. The van der Waals surface area contributed by atoms with Crippen molar-refractivity contribution in [1.29, 1.82) is 0 Å². The maximum atomic E-state index is 12.2. The standard InChI is InChI=1S/C20H19BrN2O/c1-20(2,3)15-10-8-13(9-11-15)18-22-17(19(24)23-18)12-14-6-4-5-7-16(14)21/h4-12H,1-3H3,(H,22,23,24)/b17-12-. The molecule has 0 radical (unpaired) electrons. The van der Waals surface area contributed by atoms with Crippen LogP contribution in [-0.4, -0.2) is 11.7 Å². The lowest BCUT2D eigenvalue weighted by atomic mass is 9.86. The third-order valence-electron chi connectivity index (χ3n) is 3.92. The smallest absolute Gasteiger partial charge is 0.275 e. The molecule has 2 aromatic carbocycles. The summed E-state index contributed by atoms with van der Waals surface area (Å²) in [7, 11) is 0. The average molecular weight is 383 g/mol. The van der Waals surface area contributed by atoms with Gasteiger partial charge in [-0.3, -0.25) is 4.79 Å². The summed E-state index contributed by atoms with van der Waals surface area (Å²) >= 11 is 3.49. The molecule has 0 fully saturated rings. The SMILES string of the molecule is CC(C)(C)c1ccc(C2=N/C(=C\c3ccccc3Br)C(=O)N2)cc1. The van der Waals surface area contributed by atoms with Crippen LogP contribution >= 0.6 is 15.9 Å². The number of benzene rings is 2. The number of aliphatic imine (C=N–C) groups is 1. The van der Waals surface area contributed by atoms with Crippen molar-refractivity contribution in [2.24, 2.45) is 4.99 Å². The summed E-state index contributed by atoms with van der Waals surface area (Å²) in [6.07, 6.45) is 1.79. The number of amidine groups is 1. The molecule has 1 aliphatic rings. The Bertz CT molecular complexity index is 843. The second-order valence-corrected chi connectivity index (χ2v) is 7.65. The summed E-state index contributed by atoms with van der Waals surface area (Å²) in [5.74, 6) is 0.416.